The molecule has 3 nitrogen and oxygen atoms in total. The first-order valence-corrected chi connectivity index (χ1v) is 6.17. The minimum Gasteiger partial charge on any atom is -0.355 e. The number of carbonyl (C=O) groups excluding carboxylic acids is 1. The van der Waals surface area contributed by atoms with Gasteiger partial charge in [-0.1, -0.05) is 12.1 Å². The van der Waals surface area contributed by atoms with Gasteiger partial charge >= 0.3 is 0 Å². The van der Waals surface area contributed by atoms with Gasteiger partial charge in [0.25, 0.3) is 0 Å². The van der Waals surface area contributed by atoms with E-state index >= 15 is 0 Å². The molecule has 0 aliphatic carbocycles. The lowest BCUT2D eigenvalue weighted by molar-refractivity contribution is -0.125. The Morgan fingerprint density at radius 1 is 1.22 bits per heavy atom. The molecule has 1 aromatic rings. The van der Waals surface area contributed by atoms with Crippen molar-refractivity contribution in [2.75, 3.05) is 20.1 Å². The number of nitrogens with one attached hydrogen (secondary N) is 2. The second-order valence-electron chi connectivity index (χ2n) is 4.84. The van der Waals surface area contributed by atoms with Gasteiger partial charge in [-0.2, -0.15) is 0 Å². The fourth-order valence-electron chi connectivity index (χ4n) is 1.69. The molecule has 1 aromatic carbocycles. The molecule has 0 fully saturated rings. The number of amides is 1. The number of halogens is 1. The van der Waals surface area contributed by atoms with Crippen LogP contribution in [-0.4, -0.2) is 26.0 Å². The monoisotopic (exact) mass is 252 g/mol. The predicted molar refractivity (Wildman–Crippen MR) is 71.0 cm³/mol. The molecule has 18 heavy (non-hydrogen) atoms. The molecule has 0 bridgehead atoms. The zero-order valence-electron chi connectivity index (χ0n) is 11.2. The standard InChI is InChI=1S/C14H21FN2O/c1-14(2,11-5-7-12(15)8-6-11)13(18)17-10-4-9-16-3/h5-8,16H,4,9-10H2,1-3H3,(H,17,18). The van der Waals surface area contributed by atoms with E-state index in [0.29, 0.717) is 6.54 Å². The lowest BCUT2D eigenvalue weighted by Crippen LogP contribution is -2.40. The Hall–Kier alpha value is -1.42. The van der Waals surface area contributed by atoms with Crippen LogP contribution in [0.15, 0.2) is 24.3 Å². The van der Waals surface area contributed by atoms with Crippen LogP contribution in [0.5, 0.6) is 0 Å². The van der Waals surface area contributed by atoms with E-state index in [-0.39, 0.29) is 11.7 Å². The zero-order valence-corrected chi connectivity index (χ0v) is 11.2. The first-order valence-electron chi connectivity index (χ1n) is 6.17. The molecule has 0 unspecified atom stereocenters. The van der Waals surface area contributed by atoms with Gasteiger partial charge in [-0.3, -0.25) is 4.79 Å². The summed E-state index contributed by atoms with van der Waals surface area (Å²) < 4.78 is 12.9. The number of carbonyl (C=O) groups is 1. The van der Waals surface area contributed by atoms with Crippen LogP contribution in [0.4, 0.5) is 4.39 Å². The summed E-state index contributed by atoms with van der Waals surface area (Å²) in [5.41, 5.74) is 0.169. The fourth-order valence-corrected chi connectivity index (χ4v) is 1.69. The van der Waals surface area contributed by atoms with Crippen molar-refractivity contribution in [2.45, 2.75) is 25.7 Å². The highest BCUT2D eigenvalue weighted by Crippen LogP contribution is 2.23. The van der Waals surface area contributed by atoms with E-state index in [0.717, 1.165) is 18.5 Å². The summed E-state index contributed by atoms with van der Waals surface area (Å²) in [7, 11) is 1.88. The van der Waals surface area contributed by atoms with E-state index in [4.69, 9.17) is 0 Å². The molecule has 0 radical (unpaired) electrons. The summed E-state index contributed by atoms with van der Waals surface area (Å²) in [5.74, 6) is -0.325. The van der Waals surface area contributed by atoms with Crippen molar-refractivity contribution in [1.29, 1.82) is 0 Å². The average Bonchev–Trinajstić information content (AvgIpc) is 2.35. The molecule has 0 saturated carbocycles. The molecular weight excluding hydrogens is 231 g/mol. The van der Waals surface area contributed by atoms with Crippen molar-refractivity contribution in [2.24, 2.45) is 0 Å². The third kappa shape index (κ3) is 3.81. The van der Waals surface area contributed by atoms with Crippen molar-refractivity contribution in [3.63, 3.8) is 0 Å². The fraction of sp³-hybridized carbons (Fsp3) is 0.500. The van der Waals surface area contributed by atoms with Crippen LogP contribution in [0, 0.1) is 5.82 Å². The van der Waals surface area contributed by atoms with Crippen LogP contribution in [0.25, 0.3) is 0 Å². The molecule has 0 aliphatic heterocycles. The van der Waals surface area contributed by atoms with Gasteiger partial charge in [0.2, 0.25) is 5.91 Å². The van der Waals surface area contributed by atoms with Gasteiger partial charge in [-0.25, -0.2) is 4.39 Å². The molecule has 4 heteroatoms. The van der Waals surface area contributed by atoms with Gasteiger partial charge in [0, 0.05) is 6.54 Å². The maximum atomic E-state index is 12.9. The topological polar surface area (TPSA) is 41.1 Å². The summed E-state index contributed by atoms with van der Waals surface area (Å²) in [4.78, 5) is 12.1. The van der Waals surface area contributed by atoms with Crippen molar-refractivity contribution in [3.05, 3.63) is 35.6 Å². The maximum absolute atomic E-state index is 12.9. The van der Waals surface area contributed by atoms with Crippen LogP contribution in [-0.2, 0) is 10.2 Å². The summed E-state index contributed by atoms with van der Waals surface area (Å²) in [6.45, 7) is 5.20. The van der Waals surface area contributed by atoms with Gasteiger partial charge in [0.05, 0.1) is 5.41 Å². The number of hydrogen-bond donors (Lipinski definition) is 2. The van der Waals surface area contributed by atoms with Crippen LogP contribution < -0.4 is 10.6 Å². The highest BCUT2D eigenvalue weighted by Gasteiger charge is 2.29. The van der Waals surface area contributed by atoms with E-state index in [1.807, 2.05) is 20.9 Å². The van der Waals surface area contributed by atoms with Crippen molar-refractivity contribution >= 4 is 5.91 Å². The molecular formula is C14H21FN2O. The van der Waals surface area contributed by atoms with Gasteiger partial charge in [-0.05, 0) is 51.6 Å². The highest BCUT2D eigenvalue weighted by atomic mass is 19.1. The quantitative estimate of drug-likeness (QED) is 0.758. The molecule has 1 amide bonds. The molecule has 0 heterocycles. The Balaban J connectivity index is 2.61. The minimum atomic E-state index is -0.645. The van der Waals surface area contributed by atoms with Gasteiger partial charge in [0.1, 0.15) is 5.82 Å². The van der Waals surface area contributed by atoms with E-state index in [9.17, 15) is 9.18 Å². The predicted octanol–water partition coefficient (Wildman–Crippen LogP) is 1.83. The third-order valence-corrected chi connectivity index (χ3v) is 3.02. The third-order valence-electron chi connectivity index (χ3n) is 3.02. The SMILES string of the molecule is CNCCCNC(=O)C(C)(C)c1ccc(F)cc1. The molecule has 2 N–H and O–H groups in total. The molecule has 0 spiro atoms. The maximum Gasteiger partial charge on any atom is 0.230 e. The Morgan fingerprint density at radius 2 is 1.83 bits per heavy atom. The largest absolute Gasteiger partial charge is 0.355 e. The minimum absolute atomic E-state index is 0.0368. The van der Waals surface area contributed by atoms with Crippen LogP contribution >= 0.6 is 0 Å². The van der Waals surface area contributed by atoms with Gasteiger partial charge in [-0.15, -0.1) is 0 Å². The van der Waals surface area contributed by atoms with Crippen molar-refractivity contribution in [3.8, 4) is 0 Å². The first-order chi connectivity index (χ1) is 8.48. The van der Waals surface area contributed by atoms with Crippen molar-refractivity contribution in [1.82, 2.24) is 10.6 Å². The molecule has 0 aliphatic rings. The van der Waals surface area contributed by atoms with E-state index in [1.54, 1.807) is 12.1 Å². The number of rotatable bonds is 6. The van der Waals surface area contributed by atoms with E-state index in [1.165, 1.54) is 12.1 Å². The Kier molecular flexibility index (Phi) is 5.28. The van der Waals surface area contributed by atoms with E-state index < -0.39 is 5.41 Å². The first kappa shape index (κ1) is 14.6. The average molecular weight is 252 g/mol. The lowest BCUT2D eigenvalue weighted by atomic mass is 9.83. The highest BCUT2D eigenvalue weighted by molar-refractivity contribution is 5.87. The second-order valence-corrected chi connectivity index (χ2v) is 4.84. The number of benzene rings is 1. The Labute approximate surface area is 108 Å². The summed E-state index contributed by atoms with van der Waals surface area (Å²) in [5, 5.41) is 5.92. The summed E-state index contributed by atoms with van der Waals surface area (Å²) >= 11 is 0. The smallest absolute Gasteiger partial charge is 0.230 e. The molecule has 1 rings (SSSR count). The molecule has 100 valence electrons. The summed E-state index contributed by atoms with van der Waals surface area (Å²) in [6.07, 6.45) is 0.891. The van der Waals surface area contributed by atoms with Gasteiger partial charge in [0.15, 0.2) is 0 Å². The Morgan fingerprint density at radius 3 is 2.39 bits per heavy atom. The van der Waals surface area contributed by atoms with Gasteiger partial charge < -0.3 is 10.6 Å². The Bertz CT molecular complexity index is 387. The van der Waals surface area contributed by atoms with E-state index in [2.05, 4.69) is 10.6 Å². The second kappa shape index (κ2) is 6.50. The lowest BCUT2D eigenvalue weighted by Gasteiger charge is -2.24. The van der Waals surface area contributed by atoms with Crippen LogP contribution in [0.2, 0.25) is 0 Å². The number of hydrogen-bond acceptors (Lipinski definition) is 2. The molecule has 0 atom stereocenters. The van der Waals surface area contributed by atoms with Crippen molar-refractivity contribution < 1.29 is 9.18 Å². The normalized spacial score (nSPS) is 11.3. The molecule has 0 aromatic heterocycles. The molecule has 0 saturated heterocycles. The zero-order chi connectivity index (χ0) is 13.6. The van der Waals surface area contributed by atoms with Crippen LogP contribution in [0.3, 0.4) is 0 Å². The summed E-state index contributed by atoms with van der Waals surface area (Å²) in [6, 6.07) is 6.07. The van der Waals surface area contributed by atoms with Crippen LogP contribution in [0.1, 0.15) is 25.8 Å².